The van der Waals surface area contributed by atoms with Gasteiger partial charge in [0.25, 0.3) is 0 Å². The summed E-state index contributed by atoms with van der Waals surface area (Å²) < 4.78 is 12.9. The zero-order valence-electron chi connectivity index (χ0n) is 11.9. The Hall–Kier alpha value is -1.23. The van der Waals surface area contributed by atoms with Gasteiger partial charge in [0.15, 0.2) is 0 Å². The summed E-state index contributed by atoms with van der Waals surface area (Å²) in [7, 11) is 0. The fraction of sp³-hybridized carbons (Fsp3) is 0.412. The summed E-state index contributed by atoms with van der Waals surface area (Å²) in [5.74, 6) is -0.261. The van der Waals surface area contributed by atoms with Gasteiger partial charge in [0.05, 0.1) is 6.10 Å². The number of rotatable bonds is 7. The van der Waals surface area contributed by atoms with E-state index in [2.05, 4.69) is 21.7 Å². The Morgan fingerprint density at radius 1 is 1.24 bits per heavy atom. The summed E-state index contributed by atoms with van der Waals surface area (Å²) in [6.07, 6.45) is 2.69. The predicted octanol–water partition coefficient (Wildman–Crippen LogP) is 3.98. The van der Waals surface area contributed by atoms with Crippen LogP contribution in [0.25, 0.3) is 0 Å². The molecule has 4 heteroatoms. The lowest BCUT2D eigenvalue weighted by atomic mass is 10.1. The molecule has 1 aromatic heterocycles. The maximum absolute atomic E-state index is 12.9. The Morgan fingerprint density at radius 2 is 2.00 bits per heavy atom. The minimum absolute atomic E-state index is 0.261. The molecule has 1 unspecified atom stereocenters. The molecule has 1 saturated carbocycles. The van der Waals surface area contributed by atoms with Gasteiger partial charge in [-0.25, -0.2) is 4.39 Å². The Morgan fingerprint density at radius 3 is 2.62 bits per heavy atom. The lowest BCUT2D eigenvalue weighted by Crippen LogP contribution is -2.27. The maximum Gasteiger partial charge on any atom is 0.123 e. The largest absolute Gasteiger partial charge is 0.388 e. The zero-order chi connectivity index (χ0) is 14.7. The van der Waals surface area contributed by atoms with Crippen molar-refractivity contribution < 1.29 is 9.50 Å². The van der Waals surface area contributed by atoms with Crippen molar-refractivity contribution >= 4 is 11.3 Å². The number of aliphatic hydroxyl groups excluding tert-OH is 1. The highest BCUT2D eigenvalue weighted by atomic mass is 32.1. The van der Waals surface area contributed by atoms with Gasteiger partial charge in [-0.15, -0.1) is 0 Å². The number of aliphatic hydroxyl groups is 1. The minimum atomic E-state index is -0.519. The van der Waals surface area contributed by atoms with Crippen LogP contribution < -0.4 is 0 Å². The van der Waals surface area contributed by atoms with Crippen LogP contribution in [0.4, 0.5) is 4.39 Å². The standard InChI is InChI=1S/C17H20FNOS/c18-15-3-1-14(2-4-15)17(20)7-9-19(16-5-6-16)11-13-8-10-21-12-13/h1-4,8,10,12,16-17,20H,5-7,9,11H2. The normalized spacial score (nSPS) is 16.3. The zero-order valence-corrected chi connectivity index (χ0v) is 12.7. The fourth-order valence-electron chi connectivity index (χ4n) is 2.59. The molecule has 1 aliphatic carbocycles. The van der Waals surface area contributed by atoms with Crippen LogP contribution in [-0.2, 0) is 6.54 Å². The topological polar surface area (TPSA) is 23.5 Å². The third-order valence-corrected chi connectivity index (χ3v) is 4.71. The number of hydrogen-bond acceptors (Lipinski definition) is 3. The molecule has 0 spiro atoms. The van der Waals surface area contributed by atoms with Crippen molar-refractivity contribution in [2.24, 2.45) is 0 Å². The highest BCUT2D eigenvalue weighted by Gasteiger charge is 2.29. The number of halogens is 1. The minimum Gasteiger partial charge on any atom is -0.388 e. The summed E-state index contributed by atoms with van der Waals surface area (Å²) in [5, 5.41) is 14.5. The van der Waals surface area contributed by atoms with E-state index in [1.807, 2.05) is 0 Å². The highest BCUT2D eigenvalue weighted by molar-refractivity contribution is 7.07. The Bertz CT molecular complexity index is 551. The molecule has 0 radical (unpaired) electrons. The third kappa shape index (κ3) is 4.13. The molecule has 3 rings (SSSR count). The smallest absolute Gasteiger partial charge is 0.123 e. The molecule has 1 aromatic carbocycles. The molecule has 1 fully saturated rings. The Balaban J connectivity index is 1.55. The van der Waals surface area contributed by atoms with Gasteiger partial charge in [-0.2, -0.15) is 11.3 Å². The first-order valence-electron chi connectivity index (χ1n) is 7.41. The summed E-state index contributed by atoms with van der Waals surface area (Å²) in [4.78, 5) is 2.45. The van der Waals surface area contributed by atoms with E-state index >= 15 is 0 Å². The first-order valence-corrected chi connectivity index (χ1v) is 8.35. The number of nitrogens with zero attached hydrogens (tertiary/aromatic N) is 1. The van der Waals surface area contributed by atoms with Gasteiger partial charge in [0.1, 0.15) is 5.82 Å². The van der Waals surface area contributed by atoms with Crippen LogP contribution in [0, 0.1) is 5.82 Å². The summed E-state index contributed by atoms with van der Waals surface area (Å²) in [5.41, 5.74) is 2.14. The Kier molecular flexibility index (Phi) is 4.68. The quantitative estimate of drug-likeness (QED) is 0.836. The van der Waals surface area contributed by atoms with Crippen LogP contribution >= 0.6 is 11.3 Å². The molecular weight excluding hydrogens is 285 g/mol. The molecular formula is C17H20FNOS. The van der Waals surface area contributed by atoms with E-state index in [0.717, 1.165) is 18.7 Å². The number of benzene rings is 1. The SMILES string of the molecule is OC(CCN(Cc1ccsc1)C1CC1)c1ccc(F)cc1. The monoisotopic (exact) mass is 305 g/mol. The van der Waals surface area contributed by atoms with E-state index in [9.17, 15) is 9.50 Å². The van der Waals surface area contributed by atoms with Gasteiger partial charge in [-0.3, -0.25) is 4.90 Å². The molecule has 0 saturated heterocycles. The van der Waals surface area contributed by atoms with Crippen LogP contribution in [-0.4, -0.2) is 22.6 Å². The molecule has 1 atom stereocenters. The van der Waals surface area contributed by atoms with Crippen molar-refractivity contribution in [1.82, 2.24) is 4.90 Å². The lowest BCUT2D eigenvalue weighted by molar-refractivity contribution is 0.136. The molecule has 2 nitrogen and oxygen atoms in total. The highest BCUT2D eigenvalue weighted by Crippen LogP contribution is 2.30. The van der Waals surface area contributed by atoms with Crippen molar-refractivity contribution in [3.63, 3.8) is 0 Å². The first kappa shape index (κ1) is 14.7. The second-order valence-electron chi connectivity index (χ2n) is 5.69. The lowest BCUT2D eigenvalue weighted by Gasteiger charge is -2.23. The molecule has 1 N–H and O–H groups in total. The van der Waals surface area contributed by atoms with Gasteiger partial charge in [-0.05, 0) is 59.3 Å². The molecule has 1 aliphatic rings. The van der Waals surface area contributed by atoms with Crippen molar-refractivity contribution in [1.29, 1.82) is 0 Å². The molecule has 21 heavy (non-hydrogen) atoms. The van der Waals surface area contributed by atoms with E-state index in [-0.39, 0.29) is 5.82 Å². The van der Waals surface area contributed by atoms with Crippen LogP contribution in [0.15, 0.2) is 41.1 Å². The first-order chi connectivity index (χ1) is 10.2. The van der Waals surface area contributed by atoms with Crippen molar-refractivity contribution in [2.45, 2.75) is 38.0 Å². The molecule has 0 bridgehead atoms. The molecule has 112 valence electrons. The molecule has 1 heterocycles. The second kappa shape index (κ2) is 6.69. The fourth-order valence-corrected chi connectivity index (χ4v) is 3.25. The molecule has 2 aromatic rings. The predicted molar refractivity (Wildman–Crippen MR) is 83.7 cm³/mol. The average Bonchev–Trinajstić information content (AvgIpc) is 3.21. The van der Waals surface area contributed by atoms with E-state index in [1.165, 1.54) is 30.5 Å². The average molecular weight is 305 g/mol. The van der Waals surface area contributed by atoms with Gasteiger partial charge in [0, 0.05) is 19.1 Å². The molecule has 0 amide bonds. The van der Waals surface area contributed by atoms with Crippen molar-refractivity contribution in [3.05, 3.63) is 58.0 Å². The van der Waals surface area contributed by atoms with Gasteiger partial charge in [0.2, 0.25) is 0 Å². The second-order valence-corrected chi connectivity index (χ2v) is 6.47. The van der Waals surface area contributed by atoms with Crippen molar-refractivity contribution in [3.8, 4) is 0 Å². The van der Waals surface area contributed by atoms with Crippen LogP contribution in [0.3, 0.4) is 0 Å². The maximum atomic E-state index is 12.9. The third-order valence-electron chi connectivity index (χ3n) is 3.97. The van der Waals surface area contributed by atoms with Crippen molar-refractivity contribution in [2.75, 3.05) is 6.54 Å². The summed E-state index contributed by atoms with van der Waals surface area (Å²) in [6, 6.07) is 8.98. The Labute approximate surface area is 128 Å². The van der Waals surface area contributed by atoms with Gasteiger partial charge in [-0.1, -0.05) is 12.1 Å². The number of hydrogen-bond donors (Lipinski definition) is 1. The van der Waals surface area contributed by atoms with Gasteiger partial charge >= 0.3 is 0 Å². The van der Waals surface area contributed by atoms with Crippen LogP contribution in [0.1, 0.15) is 36.5 Å². The van der Waals surface area contributed by atoms with E-state index in [0.29, 0.717) is 12.5 Å². The summed E-state index contributed by atoms with van der Waals surface area (Å²) >= 11 is 1.72. The number of thiophene rings is 1. The van der Waals surface area contributed by atoms with Crippen LogP contribution in [0.2, 0.25) is 0 Å². The van der Waals surface area contributed by atoms with E-state index < -0.39 is 6.10 Å². The van der Waals surface area contributed by atoms with Crippen LogP contribution in [0.5, 0.6) is 0 Å². The van der Waals surface area contributed by atoms with E-state index in [1.54, 1.807) is 23.5 Å². The summed E-state index contributed by atoms with van der Waals surface area (Å²) in [6.45, 7) is 1.84. The van der Waals surface area contributed by atoms with Gasteiger partial charge < -0.3 is 5.11 Å². The van der Waals surface area contributed by atoms with E-state index in [4.69, 9.17) is 0 Å². The molecule has 0 aliphatic heterocycles.